The number of phenols is 1. The van der Waals surface area contributed by atoms with Crippen LogP contribution in [0.5, 0.6) is 5.75 Å². The first-order valence-corrected chi connectivity index (χ1v) is 3.72. The van der Waals surface area contributed by atoms with Crippen LogP contribution in [-0.4, -0.2) is 11.7 Å². The van der Waals surface area contributed by atoms with Gasteiger partial charge in [0.1, 0.15) is 5.75 Å². The van der Waals surface area contributed by atoms with E-state index in [1.54, 1.807) is 6.07 Å². The summed E-state index contributed by atoms with van der Waals surface area (Å²) in [6, 6.07) is 5.57. The smallest absolute Gasteiger partial charge is 0.118 e. The first-order chi connectivity index (χ1) is 5.24. The topological polar surface area (TPSA) is 46.2 Å². The van der Waals surface area contributed by atoms with Crippen molar-refractivity contribution in [3.63, 3.8) is 0 Å². The molecule has 0 saturated heterocycles. The number of phenolic OH excluding ortho intramolecular Hbond substituents is 1. The molecular formula is C9H14BrNO. The first kappa shape index (κ1) is 11.5. The van der Waals surface area contributed by atoms with Crippen LogP contribution in [0, 0.1) is 6.92 Å². The van der Waals surface area contributed by atoms with E-state index in [1.165, 1.54) is 5.56 Å². The third kappa shape index (κ3) is 2.83. The normalized spacial score (nSPS) is 9.17. The summed E-state index contributed by atoms with van der Waals surface area (Å²) in [5.41, 5.74) is 7.48. The lowest BCUT2D eigenvalue weighted by atomic mass is 10.1. The van der Waals surface area contributed by atoms with Crippen LogP contribution < -0.4 is 5.73 Å². The summed E-state index contributed by atoms with van der Waals surface area (Å²) in [5, 5.41) is 9.18. The molecule has 1 aromatic carbocycles. The number of aryl methyl sites for hydroxylation is 1. The van der Waals surface area contributed by atoms with Gasteiger partial charge in [0.05, 0.1) is 0 Å². The fourth-order valence-corrected chi connectivity index (χ4v) is 1.04. The summed E-state index contributed by atoms with van der Waals surface area (Å²) in [5.74, 6) is 0.353. The maximum atomic E-state index is 9.18. The molecule has 3 heteroatoms. The summed E-state index contributed by atoms with van der Waals surface area (Å²) in [6.07, 6.45) is 0.876. The monoisotopic (exact) mass is 231 g/mol. The van der Waals surface area contributed by atoms with E-state index in [-0.39, 0.29) is 17.0 Å². The minimum Gasteiger partial charge on any atom is -0.508 e. The Balaban J connectivity index is 0.00000121. The van der Waals surface area contributed by atoms with E-state index in [4.69, 9.17) is 5.73 Å². The molecule has 0 aliphatic carbocycles. The van der Waals surface area contributed by atoms with Crippen LogP contribution in [0.4, 0.5) is 0 Å². The predicted octanol–water partition coefficient (Wildman–Crippen LogP) is 1.78. The van der Waals surface area contributed by atoms with Crippen LogP contribution in [0.3, 0.4) is 0 Å². The second kappa shape index (κ2) is 5.17. The molecule has 0 spiro atoms. The quantitative estimate of drug-likeness (QED) is 0.816. The lowest BCUT2D eigenvalue weighted by molar-refractivity contribution is 0.471. The van der Waals surface area contributed by atoms with E-state index in [0.29, 0.717) is 12.3 Å². The minimum absolute atomic E-state index is 0. The fraction of sp³-hybridized carbons (Fsp3) is 0.333. The molecule has 3 N–H and O–H groups in total. The number of nitrogens with two attached hydrogens (primary N) is 1. The van der Waals surface area contributed by atoms with Crippen molar-refractivity contribution in [1.29, 1.82) is 0 Å². The van der Waals surface area contributed by atoms with Crippen LogP contribution in [0.15, 0.2) is 18.2 Å². The molecule has 0 unspecified atom stereocenters. The number of halogens is 1. The van der Waals surface area contributed by atoms with Crippen molar-refractivity contribution < 1.29 is 5.11 Å². The molecule has 0 saturated carbocycles. The third-order valence-corrected chi connectivity index (χ3v) is 1.69. The molecule has 1 rings (SSSR count). The Bertz CT molecular complexity index is 250. The molecule has 0 amide bonds. The molecule has 0 fully saturated rings. The highest BCUT2D eigenvalue weighted by atomic mass is 79.9. The standard InChI is InChI=1S/C9H13NO.BrH/c1-7-6-8(4-5-10)2-3-9(7)11;/h2-3,6,11H,4-5,10H2,1H3;1H. The van der Waals surface area contributed by atoms with E-state index < -0.39 is 0 Å². The second-order valence-corrected chi connectivity index (χ2v) is 2.66. The molecule has 1 aromatic rings. The van der Waals surface area contributed by atoms with Crippen LogP contribution in [-0.2, 0) is 6.42 Å². The fourth-order valence-electron chi connectivity index (χ4n) is 1.04. The SMILES string of the molecule is Br.Cc1cc(CCN)ccc1O. The summed E-state index contributed by atoms with van der Waals surface area (Å²) < 4.78 is 0. The molecule has 0 bridgehead atoms. The van der Waals surface area contributed by atoms with Gasteiger partial charge in [-0.25, -0.2) is 0 Å². The highest BCUT2D eigenvalue weighted by Crippen LogP contribution is 2.16. The lowest BCUT2D eigenvalue weighted by Gasteiger charge is -2.01. The van der Waals surface area contributed by atoms with E-state index in [9.17, 15) is 5.11 Å². The van der Waals surface area contributed by atoms with Gasteiger partial charge in [-0.2, -0.15) is 0 Å². The first-order valence-electron chi connectivity index (χ1n) is 3.72. The van der Waals surface area contributed by atoms with Crippen molar-refractivity contribution in [1.82, 2.24) is 0 Å². The maximum Gasteiger partial charge on any atom is 0.118 e. The average Bonchev–Trinajstić information content (AvgIpc) is 1.98. The Labute approximate surface area is 83.2 Å². The van der Waals surface area contributed by atoms with E-state index >= 15 is 0 Å². The highest BCUT2D eigenvalue weighted by molar-refractivity contribution is 8.93. The number of rotatable bonds is 2. The third-order valence-electron chi connectivity index (χ3n) is 1.69. The molecule has 68 valence electrons. The van der Waals surface area contributed by atoms with Gasteiger partial charge >= 0.3 is 0 Å². The molecule has 0 atom stereocenters. The molecule has 0 heterocycles. The highest BCUT2D eigenvalue weighted by Gasteiger charge is 1.96. The lowest BCUT2D eigenvalue weighted by Crippen LogP contribution is -2.02. The molecule has 0 radical (unpaired) electrons. The molecular weight excluding hydrogens is 218 g/mol. The van der Waals surface area contributed by atoms with Crippen LogP contribution >= 0.6 is 17.0 Å². The summed E-state index contributed by atoms with van der Waals surface area (Å²) in [6.45, 7) is 2.54. The van der Waals surface area contributed by atoms with Crippen LogP contribution in [0.25, 0.3) is 0 Å². The van der Waals surface area contributed by atoms with Crippen molar-refractivity contribution in [2.24, 2.45) is 5.73 Å². The number of benzene rings is 1. The van der Waals surface area contributed by atoms with Crippen LogP contribution in [0.2, 0.25) is 0 Å². The van der Waals surface area contributed by atoms with Gasteiger partial charge in [0.15, 0.2) is 0 Å². The van der Waals surface area contributed by atoms with Crippen molar-refractivity contribution in [3.05, 3.63) is 29.3 Å². The predicted molar refractivity (Wildman–Crippen MR) is 55.9 cm³/mol. The Hall–Kier alpha value is -0.540. The van der Waals surface area contributed by atoms with E-state index in [2.05, 4.69) is 0 Å². The molecule has 12 heavy (non-hydrogen) atoms. The van der Waals surface area contributed by atoms with Gasteiger partial charge in [0.2, 0.25) is 0 Å². The maximum absolute atomic E-state index is 9.18. The summed E-state index contributed by atoms with van der Waals surface area (Å²) in [7, 11) is 0. The zero-order chi connectivity index (χ0) is 8.27. The molecule has 0 aliphatic rings. The van der Waals surface area contributed by atoms with Crippen molar-refractivity contribution in [2.75, 3.05) is 6.54 Å². The molecule has 0 aromatic heterocycles. The van der Waals surface area contributed by atoms with Gasteiger partial charge in [0.25, 0.3) is 0 Å². The Morgan fingerprint density at radius 1 is 1.42 bits per heavy atom. The van der Waals surface area contributed by atoms with Gasteiger partial charge < -0.3 is 10.8 Å². The van der Waals surface area contributed by atoms with Crippen molar-refractivity contribution >= 4 is 17.0 Å². The Kier molecular flexibility index (Phi) is 4.93. The Morgan fingerprint density at radius 3 is 2.58 bits per heavy atom. The van der Waals surface area contributed by atoms with Crippen molar-refractivity contribution in [3.8, 4) is 5.75 Å². The van der Waals surface area contributed by atoms with E-state index in [1.807, 2.05) is 19.1 Å². The van der Waals surface area contributed by atoms with Crippen molar-refractivity contribution in [2.45, 2.75) is 13.3 Å². The number of hydrogen-bond acceptors (Lipinski definition) is 2. The number of aromatic hydroxyl groups is 1. The largest absolute Gasteiger partial charge is 0.508 e. The van der Waals surface area contributed by atoms with Gasteiger partial charge in [-0.1, -0.05) is 12.1 Å². The Morgan fingerprint density at radius 2 is 2.08 bits per heavy atom. The summed E-state index contributed by atoms with van der Waals surface area (Å²) in [4.78, 5) is 0. The van der Waals surface area contributed by atoms with Gasteiger partial charge in [-0.05, 0) is 37.1 Å². The number of hydrogen-bond donors (Lipinski definition) is 2. The van der Waals surface area contributed by atoms with Crippen LogP contribution in [0.1, 0.15) is 11.1 Å². The average molecular weight is 232 g/mol. The molecule has 2 nitrogen and oxygen atoms in total. The van der Waals surface area contributed by atoms with Gasteiger partial charge in [-0.15, -0.1) is 17.0 Å². The van der Waals surface area contributed by atoms with Gasteiger partial charge in [-0.3, -0.25) is 0 Å². The zero-order valence-electron chi connectivity index (χ0n) is 7.08. The second-order valence-electron chi connectivity index (χ2n) is 2.66. The summed E-state index contributed by atoms with van der Waals surface area (Å²) >= 11 is 0. The minimum atomic E-state index is 0. The molecule has 0 aliphatic heterocycles. The zero-order valence-corrected chi connectivity index (χ0v) is 8.79. The van der Waals surface area contributed by atoms with E-state index in [0.717, 1.165) is 12.0 Å². The van der Waals surface area contributed by atoms with Gasteiger partial charge in [0, 0.05) is 0 Å².